The van der Waals surface area contributed by atoms with Crippen LogP contribution in [0.2, 0.25) is 0 Å². The molecule has 46 valence electrons. The molecule has 0 amide bonds. The van der Waals surface area contributed by atoms with Crippen molar-refractivity contribution < 1.29 is 0 Å². The summed E-state index contributed by atoms with van der Waals surface area (Å²) in [4.78, 5) is 3.91. The lowest BCUT2D eigenvalue weighted by Gasteiger charge is -1.88. The Morgan fingerprint density at radius 1 is 1.56 bits per heavy atom. The maximum atomic E-state index is 6.81. The summed E-state index contributed by atoms with van der Waals surface area (Å²) < 4.78 is 0.938. The van der Waals surface area contributed by atoms with E-state index in [9.17, 15) is 0 Å². The minimum absolute atomic E-state index is 0.679. The molecule has 0 aliphatic rings. The molecule has 0 radical (unpaired) electrons. The van der Waals surface area contributed by atoms with Crippen LogP contribution in [0.3, 0.4) is 0 Å². The van der Waals surface area contributed by atoms with E-state index in [1.807, 2.05) is 6.07 Å². The molecule has 1 heterocycles. The van der Waals surface area contributed by atoms with Crippen molar-refractivity contribution in [3.63, 3.8) is 0 Å². The third-order valence-corrected chi connectivity index (χ3v) is 1.37. The van der Waals surface area contributed by atoms with Crippen molar-refractivity contribution in [3.8, 4) is 0 Å². The van der Waals surface area contributed by atoms with Gasteiger partial charge in [0, 0.05) is 16.9 Å². The zero-order chi connectivity index (χ0) is 6.69. The first-order valence-corrected chi connectivity index (χ1v) is 3.24. The van der Waals surface area contributed by atoms with Crippen molar-refractivity contribution >= 4 is 22.1 Å². The molecule has 0 aromatic carbocycles. The van der Waals surface area contributed by atoms with Gasteiger partial charge in [0.05, 0.1) is 5.69 Å². The van der Waals surface area contributed by atoms with E-state index in [2.05, 4.69) is 20.9 Å². The Morgan fingerprint density at radius 2 is 2.33 bits per heavy atom. The molecule has 1 rings (SSSR count). The fourth-order valence-electron chi connectivity index (χ4n) is 0.473. The molecule has 0 saturated carbocycles. The number of nitrogens with one attached hydrogen (secondary N) is 1. The normalized spacial score (nSPS) is 9.00. The highest BCUT2D eigenvalue weighted by molar-refractivity contribution is 9.10. The van der Waals surface area contributed by atoms with Crippen molar-refractivity contribution in [2.45, 2.75) is 0 Å². The Balaban J connectivity index is 3.01. The Kier molecular flexibility index (Phi) is 1.95. The highest BCUT2D eigenvalue weighted by atomic mass is 79.9. The molecule has 0 saturated heterocycles. The predicted molar refractivity (Wildman–Crippen MR) is 39.8 cm³/mol. The van der Waals surface area contributed by atoms with Gasteiger partial charge in [0.15, 0.2) is 0 Å². The maximum absolute atomic E-state index is 6.81. The lowest BCUT2D eigenvalue weighted by molar-refractivity contribution is 1.28. The van der Waals surface area contributed by atoms with Gasteiger partial charge in [-0.15, -0.1) is 0 Å². The zero-order valence-electron chi connectivity index (χ0n) is 4.63. The van der Waals surface area contributed by atoms with Crippen LogP contribution in [0.5, 0.6) is 0 Å². The highest BCUT2D eigenvalue weighted by Crippen LogP contribution is 2.05. The molecule has 1 aromatic rings. The smallest absolute Gasteiger partial charge is 0.0805 e. The van der Waals surface area contributed by atoms with Crippen molar-refractivity contribution in [1.82, 2.24) is 4.98 Å². The lowest BCUT2D eigenvalue weighted by atomic mass is 10.4. The van der Waals surface area contributed by atoms with E-state index in [1.165, 1.54) is 6.21 Å². The lowest BCUT2D eigenvalue weighted by Crippen LogP contribution is -1.82. The Bertz CT molecular complexity index is 205. The van der Waals surface area contributed by atoms with Crippen molar-refractivity contribution in [3.05, 3.63) is 28.5 Å². The van der Waals surface area contributed by atoms with E-state index in [0.717, 1.165) is 4.47 Å². The summed E-state index contributed by atoms with van der Waals surface area (Å²) in [6.07, 6.45) is 2.88. The van der Waals surface area contributed by atoms with Crippen LogP contribution in [0.4, 0.5) is 0 Å². The van der Waals surface area contributed by atoms with E-state index < -0.39 is 0 Å². The van der Waals surface area contributed by atoms with Crippen LogP contribution in [0.25, 0.3) is 0 Å². The first-order chi connectivity index (χ1) is 4.33. The van der Waals surface area contributed by atoms with E-state index >= 15 is 0 Å². The van der Waals surface area contributed by atoms with Crippen LogP contribution in [0.1, 0.15) is 5.69 Å². The highest BCUT2D eigenvalue weighted by Gasteiger charge is 1.86. The summed E-state index contributed by atoms with van der Waals surface area (Å²) in [6.45, 7) is 0. The Labute approximate surface area is 61.6 Å². The van der Waals surface area contributed by atoms with Gasteiger partial charge in [-0.05, 0) is 28.1 Å². The molecule has 1 N–H and O–H groups in total. The van der Waals surface area contributed by atoms with Crippen LogP contribution in [0.15, 0.2) is 22.8 Å². The topological polar surface area (TPSA) is 36.7 Å². The number of halogens is 1. The second kappa shape index (κ2) is 2.73. The molecule has 0 aliphatic carbocycles. The van der Waals surface area contributed by atoms with Crippen LogP contribution in [-0.4, -0.2) is 11.2 Å². The second-order valence-corrected chi connectivity index (χ2v) is 2.46. The Hall–Kier alpha value is -0.700. The molecule has 0 atom stereocenters. The average molecular weight is 185 g/mol. The minimum Gasteiger partial charge on any atom is -0.307 e. The van der Waals surface area contributed by atoms with Crippen LogP contribution in [0, 0.1) is 5.41 Å². The van der Waals surface area contributed by atoms with Crippen molar-refractivity contribution in [2.75, 3.05) is 0 Å². The number of pyridine rings is 1. The summed E-state index contributed by atoms with van der Waals surface area (Å²) in [7, 11) is 0. The summed E-state index contributed by atoms with van der Waals surface area (Å²) in [5.74, 6) is 0. The molecule has 1 aromatic heterocycles. The summed E-state index contributed by atoms with van der Waals surface area (Å²) >= 11 is 3.24. The largest absolute Gasteiger partial charge is 0.307 e. The first-order valence-electron chi connectivity index (χ1n) is 2.45. The quantitative estimate of drug-likeness (QED) is 0.665. The van der Waals surface area contributed by atoms with Gasteiger partial charge in [-0.25, -0.2) is 0 Å². The van der Waals surface area contributed by atoms with Gasteiger partial charge in [-0.1, -0.05) is 0 Å². The number of aromatic nitrogens is 1. The average Bonchev–Trinajstić information content (AvgIpc) is 1.90. The van der Waals surface area contributed by atoms with Gasteiger partial charge >= 0.3 is 0 Å². The SMILES string of the molecule is N=Cc1ccc(Br)cn1. The standard InChI is InChI=1S/C6H5BrN2/c7-5-1-2-6(3-8)9-4-5/h1-4,8H. The third kappa shape index (κ3) is 1.61. The van der Waals surface area contributed by atoms with Gasteiger partial charge in [0.2, 0.25) is 0 Å². The molecule has 0 fully saturated rings. The summed E-state index contributed by atoms with van der Waals surface area (Å²) in [5.41, 5.74) is 0.679. The second-order valence-electron chi connectivity index (χ2n) is 1.55. The number of hydrogen-bond acceptors (Lipinski definition) is 2. The van der Waals surface area contributed by atoms with E-state index in [1.54, 1.807) is 12.3 Å². The molecule has 0 aliphatic heterocycles. The van der Waals surface area contributed by atoms with Gasteiger partial charge in [0.25, 0.3) is 0 Å². The van der Waals surface area contributed by atoms with Crippen LogP contribution >= 0.6 is 15.9 Å². The molecule has 0 unspecified atom stereocenters. The summed E-state index contributed by atoms with van der Waals surface area (Å²) in [5, 5.41) is 6.81. The third-order valence-electron chi connectivity index (χ3n) is 0.898. The minimum atomic E-state index is 0.679. The molecule has 0 bridgehead atoms. The number of nitrogens with zero attached hydrogens (tertiary/aromatic N) is 1. The fraction of sp³-hybridized carbons (Fsp3) is 0. The molecule has 3 heteroatoms. The molecule has 2 nitrogen and oxygen atoms in total. The maximum Gasteiger partial charge on any atom is 0.0805 e. The van der Waals surface area contributed by atoms with Gasteiger partial charge in [0.1, 0.15) is 0 Å². The van der Waals surface area contributed by atoms with E-state index in [0.29, 0.717) is 5.69 Å². The van der Waals surface area contributed by atoms with Crippen molar-refractivity contribution in [1.29, 1.82) is 5.41 Å². The van der Waals surface area contributed by atoms with E-state index in [4.69, 9.17) is 5.41 Å². The fourth-order valence-corrected chi connectivity index (χ4v) is 0.707. The van der Waals surface area contributed by atoms with Crippen molar-refractivity contribution in [2.24, 2.45) is 0 Å². The van der Waals surface area contributed by atoms with Gasteiger partial charge in [-0.2, -0.15) is 0 Å². The zero-order valence-corrected chi connectivity index (χ0v) is 6.22. The van der Waals surface area contributed by atoms with Crippen LogP contribution < -0.4 is 0 Å². The van der Waals surface area contributed by atoms with Crippen LogP contribution in [-0.2, 0) is 0 Å². The molecule has 9 heavy (non-hydrogen) atoms. The van der Waals surface area contributed by atoms with Gasteiger partial charge in [-0.3, -0.25) is 4.98 Å². The Morgan fingerprint density at radius 3 is 2.78 bits per heavy atom. The summed E-state index contributed by atoms with van der Waals surface area (Å²) in [6, 6.07) is 3.63. The predicted octanol–water partition coefficient (Wildman–Crippen LogP) is 1.84. The van der Waals surface area contributed by atoms with E-state index in [-0.39, 0.29) is 0 Å². The van der Waals surface area contributed by atoms with Gasteiger partial charge < -0.3 is 5.41 Å². The molecule has 0 spiro atoms. The molecular formula is C6H5BrN2. The first kappa shape index (κ1) is 6.42. The number of rotatable bonds is 1. The number of hydrogen-bond donors (Lipinski definition) is 1. The molecular weight excluding hydrogens is 180 g/mol. The monoisotopic (exact) mass is 184 g/mol.